The van der Waals surface area contributed by atoms with Gasteiger partial charge in [0, 0.05) is 0 Å². The van der Waals surface area contributed by atoms with Crippen molar-refractivity contribution in [3.8, 4) is 0 Å². The number of aliphatic hydroxyl groups is 1. The molecular weight excluding hydrogens is 196 g/mol. The lowest BCUT2D eigenvalue weighted by Crippen LogP contribution is -1.82. The minimum Gasteiger partial charge on any atom is -0.392 e. The van der Waals surface area contributed by atoms with Gasteiger partial charge >= 0.3 is 0 Å². The van der Waals surface area contributed by atoms with E-state index in [0.717, 1.165) is 6.42 Å². The largest absolute Gasteiger partial charge is 0.392 e. The maximum atomic E-state index is 8.53. The Morgan fingerprint density at radius 3 is 2.19 bits per heavy atom. The van der Waals surface area contributed by atoms with Gasteiger partial charge in [0.15, 0.2) is 0 Å². The molecule has 0 spiro atoms. The van der Waals surface area contributed by atoms with Crippen LogP contribution in [0.5, 0.6) is 0 Å². The van der Waals surface area contributed by atoms with E-state index in [-0.39, 0.29) is 6.61 Å². The van der Waals surface area contributed by atoms with Crippen molar-refractivity contribution < 1.29 is 5.11 Å². The average Bonchev–Trinajstić information content (AvgIpc) is 2.31. The number of unbranched alkanes of at least 4 members (excludes halogenated alkanes) is 10. The summed E-state index contributed by atoms with van der Waals surface area (Å²) in [5.41, 5.74) is 0. The molecule has 0 fully saturated rings. The van der Waals surface area contributed by atoms with Gasteiger partial charge in [-0.25, -0.2) is 0 Å². The molecular formula is C15H29O. The first-order chi connectivity index (χ1) is 7.91. The monoisotopic (exact) mass is 225 g/mol. The normalized spacial score (nSPS) is 11.4. The minimum absolute atomic E-state index is 0.182. The number of hydrogen-bond donors (Lipinski definition) is 1. The van der Waals surface area contributed by atoms with E-state index in [4.69, 9.17) is 5.11 Å². The summed E-state index contributed by atoms with van der Waals surface area (Å²) in [6.07, 6.45) is 19.5. The minimum atomic E-state index is 0.182. The third-order valence-corrected chi connectivity index (χ3v) is 2.81. The summed E-state index contributed by atoms with van der Waals surface area (Å²) in [5, 5.41) is 8.53. The summed E-state index contributed by atoms with van der Waals surface area (Å²) >= 11 is 0. The molecule has 1 radical (unpaired) electrons. The van der Waals surface area contributed by atoms with Crippen LogP contribution in [0, 0.1) is 6.42 Å². The zero-order chi connectivity index (χ0) is 11.9. The molecule has 1 N–H and O–H groups in total. The standard InChI is InChI=1S/C15H29O/c1-2-3-4-5-6-7-8-9-10-11-12-13-14-15-16/h9,13-14,16H,2-8,10-12,15H2,1H3. The second-order valence-electron chi connectivity index (χ2n) is 4.43. The Morgan fingerprint density at radius 2 is 1.44 bits per heavy atom. The van der Waals surface area contributed by atoms with E-state index < -0.39 is 0 Å². The van der Waals surface area contributed by atoms with Crippen LogP contribution in [-0.4, -0.2) is 11.7 Å². The van der Waals surface area contributed by atoms with Crippen LogP contribution in [0.1, 0.15) is 71.1 Å². The van der Waals surface area contributed by atoms with Gasteiger partial charge in [0.1, 0.15) is 0 Å². The highest BCUT2D eigenvalue weighted by Gasteiger charge is 1.91. The molecule has 0 rings (SSSR count). The van der Waals surface area contributed by atoms with Gasteiger partial charge in [-0.2, -0.15) is 0 Å². The molecule has 95 valence electrons. The first-order valence-electron chi connectivity index (χ1n) is 6.99. The Labute approximate surface area is 102 Å². The molecule has 1 nitrogen and oxygen atoms in total. The fraction of sp³-hybridized carbons (Fsp3) is 0.800. The van der Waals surface area contributed by atoms with Gasteiger partial charge in [-0.3, -0.25) is 0 Å². The first kappa shape index (κ1) is 15.7. The summed E-state index contributed by atoms with van der Waals surface area (Å²) in [6.45, 7) is 2.44. The van der Waals surface area contributed by atoms with E-state index >= 15 is 0 Å². The molecule has 0 heterocycles. The predicted molar refractivity (Wildman–Crippen MR) is 72.4 cm³/mol. The first-order valence-corrected chi connectivity index (χ1v) is 6.99. The van der Waals surface area contributed by atoms with Crippen LogP contribution < -0.4 is 0 Å². The molecule has 0 atom stereocenters. The van der Waals surface area contributed by atoms with Gasteiger partial charge in [0.25, 0.3) is 0 Å². The second kappa shape index (κ2) is 14.7. The van der Waals surface area contributed by atoms with E-state index in [1.807, 2.05) is 6.08 Å². The van der Waals surface area contributed by atoms with E-state index in [1.54, 1.807) is 0 Å². The Bertz CT molecular complexity index is 140. The van der Waals surface area contributed by atoms with Crippen LogP contribution in [0.15, 0.2) is 12.2 Å². The van der Waals surface area contributed by atoms with Crippen LogP contribution >= 0.6 is 0 Å². The van der Waals surface area contributed by atoms with Crippen molar-refractivity contribution in [1.29, 1.82) is 0 Å². The highest BCUT2D eigenvalue weighted by molar-refractivity contribution is 4.81. The zero-order valence-corrected chi connectivity index (χ0v) is 11.0. The summed E-state index contributed by atoms with van der Waals surface area (Å²) in [4.78, 5) is 0. The maximum Gasteiger partial charge on any atom is 0.0612 e. The van der Waals surface area contributed by atoms with Crippen LogP contribution in [0.25, 0.3) is 0 Å². The van der Waals surface area contributed by atoms with E-state index in [0.29, 0.717) is 0 Å². The van der Waals surface area contributed by atoms with E-state index in [1.165, 1.54) is 57.8 Å². The van der Waals surface area contributed by atoms with Crippen molar-refractivity contribution >= 4 is 0 Å². The maximum absolute atomic E-state index is 8.53. The topological polar surface area (TPSA) is 20.2 Å². The third kappa shape index (κ3) is 13.7. The summed E-state index contributed by atoms with van der Waals surface area (Å²) in [5.74, 6) is 0. The van der Waals surface area contributed by atoms with Crippen molar-refractivity contribution in [1.82, 2.24) is 0 Å². The summed E-state index contributed by atoms with van der Waals surface area (Å²) in [7, 11) is 0. The molecule has 0 aromatic carbocycles. The van der Waals surface area contributed by atoms with E-state index in [2.05, 4.69) is 19.4 Å². The number of aliphatic hydroxyl groups excluding tert-OH is 1. The molecule has 1 heteroatoms. The van der Waals surface area contributed by atoms with Gasteiger partial charge in [-0.05, 0) is 25.7 Å². The Hall–Kier alpha value is -0.300. The lowest BCUT2D eigenvalue weighted by molar-refractivity contribution is 0.342. The van der Waals surface area contributed by atoms with Gasteiger partial charge in [0.05, 0.1) is 6.61 Å². The van der Waals surface area contributed by atoms with Crippen LogP contribution in [0.4, 0.5) is 0 Å². The molecule has 0 saturated carbocycles. The molecule has 16 heavy (non-hydrogen) atoms. The van der Waals surface area contributed by atoms with Crippen LogP contribution in [-0.2, 0) is 0 Å². The smallest absolute Gasteiger partial charge is 0.0612 e. The number of rotatable bonds is 12. The molecule has 0 amide bonds. The molecule has 0 saturated heterocycles. The fourth-order valence-corrected chi connectivity index (χ4v) is 1.79. The third-order valence-electron chi connectivity index (χ3n) is 2.81. The van der Waals surface area contributed by atoms with Crippen molar-refractivity contribution in [3.05, 3.63) is 18.6 Å². The zero-order valence-electron chi connectivity index (χ0n) is 11.0. The molecule has 0 aliphatic heterocycles. The van der Waals surface area contributed by atoms with Gasteiger partial charge in [0.2, 0.25) is 0 Å². The second-order valence-corrected chi connectivity index (χ2v) is 4.43. The average molecular weight is 225 g/mol. The Morgan fingerprint density at radius 1 is 0.750 bits per heavy atom. The van der Waals surface area contributed by atoms with Crippen molar-refractivity contribution in [3.63, 3.8) is 0 Å². The molecule has 0 aromatic heterocycles. The van der Waals surface area contributed by atoms with Gasteiger partial charge in [-0.1, -0.05) is 64.0 Å². The molecule has 0 aromatic rings. The van der Waals surface area contributed by atoms with Crippen molar-refractivity contribution in [2.75, 3.05) is 6.61 Å². The number of hydrogen-bond acceptors (Lipinski definition) is 1. The highest BCUT2D eigenvalue weighted by atomic mass is 16.2. The SMILES string of the molecule is CCCCCCCC[CH]CCCC=CCO. The highest BCUT2D eigenvalue weighted by Crippen LogP contribution is 2.10. The molecule has 0 unspecified atom stereocenters. The van der Waals surface area contributed by atoms with Gasteiger partial charge in [-0.15, -0.1) is 0 Å². The van der Waals surface area contributed by atoms with Crippen molar-refractivity contribution in [2.45, 2.75) is 71.1 Å². The summed E-state index contributed by atoms with van der Waals surface area (Å²) in [6, 6.07) is 0. The van der Waals surface area contributed by atoms with Crippen LogP contribution in [0.2, 0.25) is 0 Å². The Kier molecular flexibility index (Phi) is 14.4. The van der Waals surface area contributed by atoms with Gasteiger partial charge < -0.3 is 5.11 Å². The van der Waals surface area contributed by atoms with E-state index in [9.17, 15) is 0 Å². The lowest BCUT2D eigenvalue weighted by atomic mass is 10.1. The fourth-order valence-electron chi connectivity index (χ4n) is 1.79. The number of allylic oxidation sites excluding steroid dienone is 1. The quantitative estimate of drug-likeness (QED) is 0.378. The molecule has 0 aliphatic rings. The lowest BCUT2D eigenvalue weighted by Gasteiger charge is -2.00. The van der Waals surface area contributed by atoms with Crippen molar-refractivity contribution in [2.24, 2.45) is 0 Å². The summed E-state index contributed by atoms with van der Waals surface area (Å²) < 4.78 is 0. The van der Waals surface area contributed by atoms with Crippen LogP contribution in [0.3, 0.4) is 0 Å². The molecule has 0 bridgehead atoms. The molecule has 0 aliphatic carbocycles. The Balaban J connectivity index is 2.90. The predicted octanol–water partition coefficient (Wildman–Crippen LogP) is 4.66.